The lowest BCUT2D eigenvalue weighted by atomic mass is 9.82. The Balaban J connectivity index is 1.24. The fourth-order valence-electron chi connectivity index (χ4n) is 5.12. The second-order valence-electron chi connectivity index (χ2n) is 9.27. The highest BCUT2D eigenvalue weighted by Gasteiger charge is 2.46. The number of hydrogen-bond donors (Lipinski definition) is 0. The zero-order chi connectivity index (χ0) is 24.1. The number of anilines is 1. The minimum Gasteiger partial charge on any atom is -0.428 e. The van der Waals surface area contributed by atoms with Gasteiger partial charge in [0.1, 0.15) is 11.5 Å². The lowest BCUT2D eigenvalue weighted by Gasteiger charge is -2.52. The summed E-state index contributed by atoms with van der Waals surface area (Å²) in [6.45, 7) is 6.14. The van der Waals surface area contributed by atoms with Crippen LogP contribution in [0.4, 0.5) is 6.01 Å². The number of carbonyl (C=O) groups is 1. The van der Waals surface area contributed by atoms with Gasteiger partial charge in [-0.2, -0.15) is 20.0 Å². The summed E-state index contributed by atoms with van der Waals surface area (Å²) in [6, 6.07) is 14.2. The Morgan fingerprint density at radius 1 is 1.09 bits per heavy atom. The lowest BCUT2D eigenvalue weighted by molar-refractivity contribution is 0.0582. The maximum atomic E-state index is 13.6. The molecule has 8 nitrogen and oxygen atoms in total. The van der Waals surface area contributed by atoms with Gasteiger partial charge in [0.25, 0.3) is 11.9 Å². The highest BCUT2D eigenvalue weighted by molar-refractivity contribution is 6.30. The zero-order valence-corrected chi connectivity index (χ0v) is 20.3. The third-order valence-electron chi connectivity index (χ3n) is 6.99. The Bertz CT molecular complexity index is 1400. The second kappa shape index (κ2) is 8.53. The number of oxazole rings is 1. The van der Waals surface area contributed by atoms with E-state index in [9.17, 15) is 4.79 Å². The monoisotopic (exact) mass is 488 g/mol. The van der Waals surface area contributed by atoms with Crippen LogP contribution in [0.2, 0.25) is 5.02 Å². The molecule has 2 saturated heterocycles. The normalized spacial score (nSPS) is 19.4. The van der Waals surface area contributed by atoms with Gasteiger partial charge in [-0.15, -0.1) is 0 Å². The number of carbonyl (C=O) groups excluding carboxylic acids is 1. The number of hydrogen-bond acceptors (Lipinski definition) is 6. The highest BCUT2D eigenvalue weighted by Crippen LogP contribution is 2.39. The number of benzene rings is 2. The van der Waals surface area contributed by atoms with Crippen molar-refractivity contribution < 1.29 is 9.21 Å². The van der Waals surface area contributed by atoms with Gasteiger partial charge in [0.05, 0.1) is 29.7 Å². The molecular weight excluding hydrogens is 464 g/mol. The van der Waals surface area contributed by atoms with E-state index in [4.69, 9.17) is 21.0 Å². The van der Waals surface area contributed by atoms with E-state index in [-0.39, 0.29) is 11.9 Å². The summed E-state index contributed by atoms with van der Waals surface area (Å²) in [5, 5.41) is 9.13. The minimum absolute atomic E-state index is 0.00509. The van der Waals surface area contributed by atoms with Crippen molar-refractivity contribution in [1.82, 2.24) is 24.9 Å². The summed E-state index contributed by atoms with van der Waals surface area (Å²) in [7, 11) is 0. The van der Waals surface area contributed by atoms with Crippen LogP contribution in [0, 0.1) is 19.8 Å². The van der Waals surface area contributed by atoms with Crippen LogP contribution in [0.25, 0.3) is 16.9 Å². The molecule has 0 radical (unpaired) electrons. The van der Waals surface area contributed by atoms with E-state index in [0.717, 1.165) is 42.1 Å². The van der Waals surface area contributed by atoms with Crippen molar-refractivity contribution in [2.24, 2.45) is 5.92 Å². The average molecular weight is 489 g/mol. The predicted molar refractivity (Wildman–Crippen MR) is 133 cm³/mol. The van der Waals surface area contributed by atoms with Gasteiger partial charge in [-0.3, -0.25) is 4.79 Å². The molecule has 4 aromatic rings. The first-order valence-electron chi connectivity index (χ1n) is 11.7. The van der Waals surface area contributed by atoms with Crippen molar-refractivity contribution in [1.29, 1.82) is 0 Å². The van der Waals surface area contributed by atoms with Gasteiger partial charge in [0.2, 0.25) is 0 Å². The third-order valence-corrected chi connectivity index (χ3v) is 7.22. The van der Waals surface area contributed by atoms with E-state index in [1.165, 1.54) is 4.80 Å². The summed E-state index contributed by atoms with van der Waals surface area (Å²) in [6.07, 6.45) is 4.18. The fraction of sp³-hybridized carbons (Fsp3) is 0.308. The molecule has 4 heterocycles. The smallest absolute Gasteiger partial charge is 0.298 e. The molecule has 2 aliphatic rings. The number of aromatic nitrogens is 4. The Hall–Kier alpha value is -3.65. The van der Waals surface area contributed by atoms with E-state index < -0.39 is 0 Å². The number of piperidine rings is 1. The van der Waals surface area contributed by atoms with Crippen LogP contribution in [0.1, 0.15) is 28.1 Å². The highest BCUT2D eigenvalue weighted by atomic mass is 35.5. The van der Waals surface area contributed by atoms with E-state index in [1.807, 2.05) is 61.2 Å². The zero-order valence-electron chi connectivity index (χ0n) is 19.6. The summed E-state index contributed by atoms with van der Waals surface area (Å²) >= 11 is 6.18. The molecule has 2 aliphatic heterocycles. The van der Waals surface area contributed by atoms with Crippen LogP contribution in [-0.2, 0) is 0 Å². The fourth-order valence-corrected chi connectivity index (χ4v) is 5.31. The van der Waals surface area contributed by atoms with Gasteiger partial charge in [0, 0.05) is 36.1 Å². The molecule has 0 saturated carbocycles. The molecule has 2 atom stereocenters. The van der Waals surface area contributed by atoms with Crippen LogP contribution >= 0.6 is 11.6 Å². The van der Waals surface area contributed by atoms with E-state index in [2.05, 4.69) is 15.1 Å². The number of fused-ring (bicyclic) bond motifs is 1. The molecule has 35 heavy (non-hydrogen) atoms. The average Bonchev–Trinajstić information content (AvgIpc) is 3.49. The molecule has 0 aliphatic carbocycles. The SMILES string of the molecule is Cc1ccc(-n2nccn2)c(C(=O)N2CC[C@H]3CN(c4nc(-c5cccc(Cl)c5)c(C)o4)[C@H]3C2)c1. The van der Waals surface area contributed by atoms with Crippen molar-refractivity contribution >= 4 is 23.5 Å². The Kier molecular flexibility index (Phi) is 5.33. The number of nitrogens with zero attached hydrogens (tertiary/aromatic N) is 6. The first-order chi connectivity index (χ1) is 17.0. The van der Waals surface area contributed by atoms with Gasteiger partial charge in [0.15, 0.2) is 0 Å². The molecule has 0 N–H and O–H groups in total. The molecule has 2 aromatic carbocycles. The van der Waals surface area contributed by atoms with E-state index in [0.29, 0.717) is 34.8 Å². The van der Waals surface area contributed by atoms with Crippen molar-refractivity contribution in [3.8, 4) is 16.9 Å². The van der Waals surface area contributed by atoms with Gasteiger partial charge in [-0.25, -0.2) is 0 Å². The van der Waals surface area contributed by atoms with Crippen LogP contribution in [0.3, 0.4) is 0 Å². The molecule has 0 bridgehead atoms. The predicted octanol–water partition coefficient (Wildman–Crippen LogP) is 4.54. The van der Waals surface area contributed by atoms with Gasteiger partial charge in [-0.05, 0) is 44.5 Å². The summed E-state index contributed by atoms with van der Waals surface area (Å²) < 4.78 is 6.07. The molecular formula is C26H25ClN6O2. The van der Waals surface area contributed by atoms with Crippen LogP contribution in [0.5, 0.6) is 0 Å². The third kappa shape index (κ3) is 3.87. The second-order valence-corrected chi connectivity index (χ2v) is 9.71. The summed E-state index contributed by atoms with van der Waals surface area (Å²) in [5.74, 6) is 1.27. The van der Waals surface area contributed by atoms with Crippen LogP contribution in [0.15, 0.2) is 59.3 Å². The van der Waals surface area contributed by atoms with Crippen molar-refractivity contribution in [2.45, 2.75) is 26.3 Å². The van der Waals surface area contributed by atoms with E-state index in [1.54, 1.807) is 12.4 Å². The number of likely N-dealkylation sites (tertiary alicyclic amines) is 1. The molecule has 1 amide bonds. The Morgan fingerprint density at radius 3 is 2.71 bits per heavy atom. The summed E-state index contributed by atoms with van der Waals surface area (Å²) in [4.78, 5) is 24.1. The largest absolute Gasteiger partial charge is 0.428 e. The lowest BCUT2D eigenvalue weighted by Crippen LogP contribution is -2.65. The first kappa shape index (κ1) is 21.9. The molecule has 6 rings (SSSR count). The van der Waals surface area contributed by atoms with Crippen LogP contribution in [-0.4, -0.2) is 56.5 Å². The van der Waals surface area contributed by atoms with Crippen molar-refractivity contribution in [2.75, 3.05) is 24.5 Å². The van der Waals surface area contributed by atoms with Gasteiger partial charge in [-0.1, -0.05) is 35.4 Å². The van der Waals surface area contributed by atoms with Crippen molar-refractivity contribution in [3.63, 3.8) is 0 Å². The molecule has 2 aromatic heterocycles. The number of amides is 1. The Morgan fingerprint density at radius 2 is 1.91 bits per heavy atom. The standard InChI is InChI=1S/C26H25ClN6O2/c1-16-6-7-22(33-28-9-10-29-33)21(12-16)25(34)31-11-8-19-14-32(23(19)15-31)26-30-24(17(2)35-26)18-4-3-5-20(27)13-18/h3-7,9-10,12-13,19,23H,8,11,14-15H2,1-2H3/t19-,23-/m0/s1. The minimum atomic E-state index is -0.00509. The maximum Gasteiger partial charge on any atom is 0.298 e. The molecule has 9 heteroatoms. The van der Waals surface area contributed by atoms with E-state index >= 15 is 0 Å². The molecule has 178 valence electrons. The number of aryl methyl sites for hydroxylation is 2. The molecule has 2 fully saturated rings. The maximum absolute atomic E-state index is 13.6. The number of rotatable bonds is 4. The number of halogens is 1. The van der Waals surface area contributed by atoms with Crippen molar-refractivity contribution in [3.05, 3.63) is 76.8 Å². The quantitative estimate of drug-likeness (QED) is 0.419. The van der Waals surface area contributed by atoms with Gasteiger partial charge < -0.3 is 14.2 Å². The van der Waals surface area contributed by atoms with Crippen LogP contribution < -0.4 is 4.90 Å². The summed E-state index contributed by atoms with van der Waals surface area (Å²) in [5.41, 5.74) is 4.05. The molecule has 0 unspecified atom stereocenters. The van der Waals surface area contributed by atoms with Gasteiger partial charge >= 0.3 is 0 Å². The topological polar surface area (TPSA) is 80.3 Å². The first-order valence-corrected chi connectivity index (χ1v) is 12.1. The molecule has 0 spiro atoms. The Labute approximate surface area is 208 Å².